The van der Waals surface area contributed by atoms with Crippen molar-refractivity contribution in [2.45, 2.75) is 109 Å². The first-order valence-corrected chi connectivity index (χ1v) is 11.4. The Bertz CT molecular complexity index is 443. The zero-order chi connectivity index (χ0) is 17.9. The molecule has 26 heavy (non-hydrogen) atoms. The van der Waals surface area contributed by atoms with Crippen LogP contribution in [0.4, 0.5) is 5.95 Å². The molecule has 4 nitrogen and oxygen atoms in total. The van der Waals surface area contributed by atoms with Crippen molar-refractivity contribution >= 4 is 5.95 Å². The molecule has 3 rings (SSSR count). The summed E-state index contributed by atoms with van der Waals surface area (Å²) >= 11 is 0. The lowest BCUT2D eigenvalue weighted by atomic mass is 9.90. The molecule has 1 saturated heterocycles. The molecule has 0 spiro atoms. The van der Waals surface area contributed by atoms with Crippen molar-refractivity contribution in [1.29, 1.82) is 0 Å². The Labute approximate surface area is 160 Å². The van der Waals surface area contributed by atoms with E-state index in [1.165, 1.54) is 108 Å². The van der Waals surface area contributed by atoms with Gasteiger partial charge in [-0.2, -0.15) is 5.10 Å². The normalized spacial score (nSPS) is 22.7. The van der Waals surface area contributed by atoms with Gasteiger partial charge in [-0.1, -0.05) is 77.0 Å². The van der Waals surface area contributed by atoms with Gasteiger partial charge in [-0.3, -0.25) is 0 Å². The van der Waals surface area contributed by atoms with Crippen LogP contribution in [0.2, 0.25) is 0 Å². The Hall–Kier alpha value is -1.19. The van der Waals surface area contributed by atoms with Gasteiger partial charge in [0.15, 0.2) is 0 Å². The molecule has 0 atom stereocenters. The van der Waals surface area contributed by atoms with Crippen molar-refractivity contribution in [3.63, 3.8) is 0 Å². The fourth-order valence-corrected chi connectivity index (χ4v) is 4.54. The van der Waals surface area contributed by atoms with Crippen LogP contribution >= 0.6 is 0 Å². The molecule has 1 aromatic rings. The Morgan fingerprint density at radius 2 is 1.15 bits per heavy atom. The second kappa shape index (κ2) is 11.5. The topological polar surface area (TPSA) is 41.9 Å². The molecule has 4 heteroatoms. The molecule has 0 radical (unpaired) electrons. The third-order valence-electron chi connectivity index (χ3n) is 6.23. The van der Waals surface area contributed by atoms with Gasteiger partial charge < -0.3 is 4.90 Å². The highest BCUT2D eigenvalue weighted by molar-refractivity contribution is 5.29. The van der Waals surface area contributed by atoms with Crippen LogP contribution in [0.5, 0.6) is 0 Å². The van der Waals surface area contributed by atoms with Crippen molar-refractivity contribution in [2.24, 2.45) is 0 Å². The largest absolute Gasteiger partial charge is 0.340 e. The van der Waals surface area contributed by atoms with Crippen LogP contribution in [0.3, 0.4) is 0 Å². The van der Waals surface area contributed by atoms with Gasteiger partial charge in [-0.05, 0) is 25.7 Å². The monoisotopic (exact) mass is 358 g/mol. The lowest BCUT2D eigenvalue weighted by molar-refractivity contribution is 0.454. The van der Waals surface area contributed by atoms with Crippen LogP contribution in [-0.2, 0) is 0 Å². The predicted octanol–water partition coefficient (Wildman–Crippen LogP) is 6.03. The smallest absolute Gasteiger partial charge is 0.245 e. The summed E-state index contributed by atoms with van der Waals surface area (Å²) in [5.41, 5.74) is 1.20. The lowest BCUT2D eigenvalue weighted by Crippen LogP contribution is -2.28. The molecule has 0 bridgehead atoms. The molecular formula is C22H38N4. The van der Waals surface area contributed by atoms with Crippen molar-refractivity contribution in [3.8, 4) is 0 Å². The third kappa shape index (κ3) is 6.51. The molecule has 2 fully saturated rings. The first kappa shape index (κ1) is 19.6. The first-order valence-electron chi connectivity index (χ1n) is 11.4. The van der Waals surface area contributed by atoms with Crippen LogP contribution in [0.15, 0.2) is 6.20 Å². The minimum absolute atomic E-state index is 0.586. The van der Waals surface area contributed by atoms with E-state index in [0.717, 1.165) is 19.0 Å². The van der Waals surface area contributed by atoms with Gasteiger partial charge in [0.2, 0.25) is 5.95 Å². The van der Waals surface area contributed by atoms with Gasteiger partial charge >= 0.3 is 0 Å². The minimum atomic E-state index is 0.586. The van der Waals surface area contributed by atoms with Crippen LogP contribution in [-0.4, -0.2) is 28.3 Å². The molecule has 1 aromatic heterocycles. The highest BCUT2D eigenvalue weighted by atomic mass is 15.3. The minimum Gasteiger partial charge on any atom is -0.340 e. The summed E-state index contributed by atoms with van der Waals surface area (Å²) in [6.45, 7) is 2.19. The number of hydrogen-bond acceptors (Lipinski definition) is 4. The highest BCUT2D eigenvalue weighted by Gasteiger charge is 2.18. The maximum absolute atomic E-state index is 5.03. The number of hydrogen-bond donors (Lipinski definition) is 0. The predicted molar refractivity (Wildman–Crippen MR) is 109 cm³/mol. The molecule has 1 saturated carbocycles. The van der Waals surface area contributed by atoms with E-state index in [1.807, 2.05) is 6.20 Å². The van der Waals surface area contributed by atoms with Crippen LogP contribution in [0, 0.1) is 0 Å². The lowest BCUT2D eigenvalue weighted by Gasteiger charge is -2.24. The first-order chi connectivity index (χ1) is 12.9. The van der Waals surface area contributed by atoms with E-state index < -0.39 is 0 Å². The standard InChI is InChI=1S/C22H38N4/c1-3-7-11-15-20(16-12-8-4-1)21-19-23-25-22(24-21)26-17-13-9-5-2-6-10-14-18-26/h19-20H,1-18H2. The molecule has 0 aromatic carbocycles. The average molecular weight is 359 g/mol. The fourth-order valence-electron chi connectivity index (χ4n) is 4.54. The Morgan fingerprint density at radius 3 is 1.73 bits per heavy atom. The van der Waals surface area contributed by atoms with Gasteiger partial charge in [-0.15, -0.1) is 5.10 Å². The molecule has 0 amide bonds. The second-order valence-electron chi connectivity index (χ2n) is 8.39. The summed E-state index contributed by atoms with van der Waals surface area (Å²) in [5, 5.41) is 8.80. The third-order valence-corrected chi connectivity index (χ3v) is 6.23. The molecule has 2 aliphatic rings. The van der Waals surface area contributed by atoms with Gasteiger partial charge in [0, 0.05) is 19.0 Å². The van der Waals surface area contributed by atoms with Gasteiger partial charge in [0.1, 0.15) is 0 Å². The highest BCUT2D eigenvalue weighted by Crippen LogP contribution is 2.29. The zero-order valence-electron chi connectivity index (χ0n) is 16.7. The van der Waals surface area contributed by atoms with E-state index in [2.05, 4.69) is 15.1 Å². The summed E-state index contributed by atoms with van der Waals surface area (Å²) in [6, 6.07) is 0. The fraction of sp³-hybridized carbons (Fsp3) is 0.864. The van der Waals surface area contributed by atoms with Crippen molar-refractivity contribution in [1.82, 2.24) is 15.2 Å². The summed E-state index contributed by atoms with van der Waals surface area (Å²) < 4.78 is 0. The molecule has 0 N–H and O–H groups in total. The number of anilines is 1. The zero-order valence-corrected chi connectivity index (χ0v) is 16.7. The molecule has 2 heterocycles. The van der Waals surface area contributed by atoms with E-state index in [0.29, 0.717) is 5.92 Å². The van der Waals surface area contributed by atoms with E-state index in [-0.39, 0.29) is 0 Å². The van der Waals surface area contributed by atoms with E-state index in [9.17, 15) is 0 Å². The average Bonchev–Trinajstić information content (AvgIpc) is 2.70. The van der Waals surface area contributed by atoms with E-state index in [4.69, 9.17) is 4.98 Å². The molecule has 1 aliphatic heterocycles. The molecular weight excluding hydrogens is 320 g/mol. The van der Waals surface area contributed by atoms with Crippen LogP contribution < -0.4 is 4.90 Å². The molecule has 0 unspecified atom stereocenters. The Balaban J connectivity index is 1.66. The van der Waals surface area contributed by atoms with Crippen LogP contribution in [0.25, 0.3) is 0 Å². The second-order valence-corrected chi connectivity index (χ2v) is 8.39. The molecule has 1 aliphatic carbocycles. The number of aromatic nitrogens is 3. The van der Waals surface area contributed by atoms with Gasteiger partial charge in [0.05, 0.1) is 11.9 Å². The Morgan fingerprint density at radius 1 is 0.654 bits per heavy atom. The van der Waals surface area contributed by atoms with Gasteiger partial charge in [-0.25, -0.2) is 4.98 Å². The summed E-state index contributed by atoms with van der Waals surface area (Å²) in [6.07, 6.45) is 23.6. The van der Waals surface area contributed by atoms with Gasteiger partial charge in [0.25, 0.3) is 0 Å². The molecule has 146 valence electrons. The number of nitrogens with zero attached hydrogens (tertiary/aromatic N) is 4. The quantitative estimate of drug-likeness (QED) is 0.647. The van der Waals surface area contributed by atoms with E-state index >= 15 is 0 Å². The summed E-state index contributed by atoms with van der Waals surface area (Å²) in [7, 11) is 0. The summed E-state index contributed by atoms with van der Waals surface area (Å²) in [4.78, 5) is 7.43. The summed E-state index contributed by atoms with van der Waals surface area (Å²) in [5.74, 6) is 1.48. The van der Waals surface area contributed by atoms with E-state index in [1.54, 1.807) is 0 Å². The van der Waals surface area contributed by atoms with Crippen molar-refractivity contribution < 1.29 is 0 Å². The SMILES string of the molecule is c1nnc(N2CCCCCCCCC2)nc1C1CCCCCCCCC1. The van der Waals surface area contributed by atoms with Crippen molar-refractivity contribution in [3.05, 3.63) is 11.9 Å². The van der Waals surface area contributed by atoms with Crippen LogP contribution in [0.1, 0.15) is 114 Å². The number of rotatable bonds is 2. The maximum atomic E-state index is 5.03. The van der Waals surface area contributed by atoms with Crippen molar-refractivity contribution in [2.75, 3.05) is 18.0 Å². The maximum Gasteiger partial charge on any atom is 0.245 e. The Kier molecular flexibility index (Phi) is 8.66.